The van der Waals surface area contributed by atoms with Gasteiger partial charge in [0.25, 0.3) is 5.91 Å². The van der Waals surface area contributed by atoms with Gasteiger partial charge in [-0.25, -0.2) is 4.79 Å². The van der Waals surface area contributed by atoms with E-state index in [1.54, 1.807) is 12.1 Å². The molecule has 0 fully saturated rings. The summed E-state index contributed by atoms with van der Waals surface area (Å²) in [5.41, 5.74) is 0.948. The molecule has 2 rings (SSSR count). The molecule has 0 saturated carbocycles. The van der Waals surface area contributed by atoms with E-state index >= 15 is 0 Å². The fraction of sp³-hybridized carbons (Fsp3) is 0.250. The molecule has 7 heteroatoms. The molecule has 1 atom stereocenters. The van der Waals surface area contributed by atoms with Gasteiger partial charge in [0.05, 0.1) is 12.8 Å². The monoisotopic (exact) mass is 336 g/mol. The summed E-state index contributed by atoms with van der Waals surface area (Å²) in [5, 5.41) is 7.29. The van der Waals surface area contributed by atoms with Crippen LogP contribution in [-0.2, 0) is 11.3 Å². The molecule has 0 bridgehead atoms. The predicted molar refractivity (Wildman–Crippen MR) is 85.7 cm³/mol. The normalized spacial score (nSPS) is 11.7. The molecular weight excluding hydrogens is 318 g/mol. The number of carbonyl (C=O) groups excluding carboxylic acids is 2. The SMILES string of the molecule is C[C@H]([NH2+]CC(=O)NC(=O)NCc1ccco1)c1ccccc1Cl. The number of nitrogens with two attached hydrogens (primary N) is 1. The number of furan rings is 1. The summed E-state index contributed by atoms with van der Waals surface area (Å²) in [5.74, 6) is 0.243. The van der Waals surface area contributed by atoms with Crippen molar-refractivity contribution in [2.75, 3.05) is 6.54 Å². The van der Waals surface area contributed by atoms with Gasteiger partial charge in [0.1, 0.15) is 11.8 Å². The summed E-state index contributed by atoms with van der Waals surface area (Å²) in [4.78, 5) is 23.4. The topological polar surface area (TPSA) is 88.0 Å². The highest BCUT2D eigenvalue weighted by molar-refractivity contribution is 6.31. The lowest BCUT2D eigenvalue weighted by Crippen LogP contribution is -2.87. The number of carbonyl (C=O) groups is 2. The molecule has 0 unspecified atom stereocenters. The maximum Gasteiger partial charge on any atom is 0.321 e. The molecular formula is C16H19ClN3O3+. The first kappa shape index (κ1) is 17.1. The van der Waals surface area contributed by atoms with Crippen LogP contribution in [0, 0.1) is 0 Å². The number of halogens is 1. The van der Waals surface area contributed by atoms with Gasteiger partial charge >= 0.3 is 6.03 Å². The summed E-state index contributed by atoms with van der Waals surface area (Å²) in [6.07, 6.45) is 1.52. The van der Waals surface area contributed by atoms with E-state index in [0.717, 1.165) is 5.56 Å². The second-order valence-electron chi connectivity index (χ2n) is 5.06. The van der Waals surface area contributed by atoms with E-state index in [0.29, 0.717) is 10.8 Å². The standard InChI is InChI=1S/C16H18ClN3O3/c1-11(13-6-2-3-7-14(13)17)18-10-15(21)20-16(22)19-9-12-5-4-8-23-12/h2-8,11,18H,9-10H2,1H3,(H2,19,20,21,22)/p+1/t11-/m0/s1. The first-order valence-corrected chi connectivity index (χ1v) is 7.62. The highest BCUT2D eigenvalue weighted by Crippen LogP contribution is 2.19. The number of benzene rings is 1. The predicted octanol–water partition coefficient (Wildman–Crippen LogP) is 1.58. The van der Waals surface area contributed by atoms with Gasteiger partial charge in [-0.2, -0.15) is 0 Å². The summed E-state index contributed by atoms with van der Waals surface area (Å²) in [7, 11) is 0. The molecule has 1 aromatic heterocycles. The van der Waals surface area contributed by atoms with E-state index in [9.17, 15) is 9.59 Å². The highest BCUT2D eigenvalue weighted by Gasteiger charge is 2.15. The van der Waals surface area contributed by atoms with Crippen molar-refractivity contribution >= 4 is 23.5 Å². The van der Waals surface area contributed by atoms with Gasteiger partial charge in [-0.15, -0.1) is 0 Å². The third-order valence-electron chi connectivity index (χ3n) is 3.31. The van der Waals surface area contributed by atoms with Gasteiger partial charge in [0.2, 0.25) is 0 Å². The van der Waals surface area contributed by atoms with Gasteiger partial charge in [-0.05, 0) is 25.1 Å². The smallest absolute Gasteiger partial charge is 0.321 e. The molecule has 0 spiro atoms. The highest BCUT2D eigenvalue weighted by atomic mass is 35.5. The van der Waals surface area contributed by atoms with Crippen molar-refractivity contribution in [1.29, 1.82) is 0 Å². The van der Waals surface area contributed by atoms with E-state index < -0.39 is 6.03 Å². The molecule has 2 aromatic rings. The molecule has 4 N–H and O–H groups in total. The largest absolute Gasteiger partial charge is 0.467 e. The average Bonchev–Trinajstić information content (AvgIpc) is 3.04. The molecule has 0 aliphatic rings. The van der Waals surface area contributed by atoms with Crippen LogP contribution in [0.25, 0.3) is 0 Å². The molecule has 1 aromatic carbocycles. The number of hydrogen-bond acceptors (Lipinski definition) is 3. The lowest BCUT2D eigenvalue weighted by Gasteiger charge is -2.12. The molecule has 1 heterocycles. The Morgan fingerprint density at radius 1 is 1.26 bits per heavy atom. The van der Waals surface area contributed by atoms with Crippen molar-refractivity contribution < 1.29 is 19.3 Å². The Morgan fingerprint density at radius 2 is 2.04 bits per heavy atom. The number of quaternary nitrogens is 1. The van der Waals surface area contributed by atoms with Crippen molar-refractivity contribution in [3.8, 4) is 0 Å². The Balaban J connectivity index is 1.72. The van der Waals surface area contributed by atoms with Crippen LogP contribution in [0.4, 0.5) is 4.79 Å². The number of urea groups is 1. The number of imide groups is 1. The first-order valence-electron chi connectivity index (χ1n) is 7.24. The van der Waals surface area contributed by atoms with E-state index in [1.807, 2.05) is 36.5 Å². The Hall–Kier alpha value is -2.31. The Bertz CT molecular complexity index is 658. The van der Waals surface area contributed by atoms with Crippen LogP contribution in [-0.4, -0.2) is 18.5 Å². The fourth-order valence-corrected chi connectivity index (χ4v) is 2.37. The minimum Gasteiger partial charge on any atom is -0.467 e. The number of rotatable bonds is 6. The summed E-state index contributed by atoms with van der Waals surface area (Å²) >= 11 is 6.12. The third-order valence-corrected chi connectivity index (χ3v) is 3.65. The van der Waals surface area contributed by atoms with E-state index in [-0.39, 0.29) is 25.0 Å². The van der Waals surface area contributed by atoms with E-state index in [4.69, 9.17) is 16.0 Å². The average molecular weight is 337 g/mol. The fourth-order valence-electron chi connectivity index (χ4n) is 2.06. The zero-order chi connectivity index (χ0) is 16.7. The zero-order valence-corrected chi connectivity index (χ0v) is 13.5. The molecule has 6 nitrogen and oxygen atoms in total. The Labute approximate surface area is 139 Å². The van der Waals surface area contributed by atoms with Gasteiger partial charge in [-0.3, -0.25) is 10.1 Å². The molecule has 0 radical (unpaired) electrons. The van der Waals surface area contributed by atoms with Crippen LogP contribution < -0.4 is 16.0 Å². The molecule has 122 valence electrons. The van der Waals surface area contributed by atoms with E-state index in [2.05, 4.69) is 10.6 Å². The lowest BCUT2D eigenvalue weighted by atomic mass is 10.1. The van der Waals surface area contributed by atoms with Crippen LogP contribution in [0.1, 0.15) is 24.3 Å². The Kier molecular flexibility index (Phi) is 6.19. The minimum atomic E-state index is -0.551. The zero-order valence-electron chi connectivity index (χ0n) is 12.7. The third kappa shape index (κ3) is 5.43. The van der Waals surface area contributed by atoms with Crippen LogP contribution >= 0.6 is 11.6 Å². The van der Waals surface area contributed by atoms with Crippen molar-refractivity contribution in [2.24, 2.45) is 0 Å². The molecule has 0 saturated heterocycles. The van der Waals surface area contributed by atoms with Crippen molar-refractivity contribution in [1.82, 2.24) is 10.6 Å². The maximum atomic E-state index is 11.8. The number of amides is 3. The van der Waals surface area contributed by atoms with Crippen molar-refractivity contribution in [3.63, 3.8) is 0 Å². The van der Waals surface area contributed by atoms with Crippen molar-refractivity contribution in [2.45, 2.75) is 19.5 Å². The van der Waals surface area contributed by atoms with Crippen LogP contribution in [0.2, 0.25) is 5.02 Å². The molecule has 23 heavy (non-hydrogen) atoms. The van der Waals surface area contributed by atoms with Crippen LogP contribution in [0.3, 0.4) is 0 Å². The summed E-state index contributed by atoms with van der Waals surface area (Å²) < 4.78 is 5.08. The van der Waals surface area contributed by atoms with Gasteiger partial charge in [-0.1, -0.05) is 29.8 Å². The Morgan fingerprint density at radius 3 is 2.74 bits per heavy atom. The molecule has 3 amide bonds. The number of nitrogens with one attached hydrogen (secondary N) is 2. The second-order valence-corrected chi connectivity index (χ2v) is 5.47. The van der Waals surface area contributed by atoms with Crippen molar-refractivity contribution in [3.05, 3.63) is 59.0 Å². The van der Waals surface area contributed by atoms with Gasteiger partial charge < -0.3 is 15.1 Å². The van der Waals surface area contributed by atoms with Crippen LogP contribution in [0.5, 0.6) is 0 Å². The van der Waals surface area contributed by atoms with Crippen LogP contribution in [0.15, 0.2) is 47.1 Å². The quantitative estimate of drug-likeness (QED) is 0.748. The number of hydrogen-bond donors (Lipinski definition) is 3. The van der Waals surface area contributed by atoms with Gasteiger partial charge in [0, 0.05) is 10.6 Å². The second kappa shape index (κ2) is 8.36. The first-order chi connectivity index (χ1) is 11.1. The summed E-state index contributed by atoms with van der Waals surface area (Å²) in [6.45, 7) is 2.30. The summed E-state index contributed by atoms with van der Waals surface area (Å²) in [6, 6.07) is 10.4. The molecule has 0 aliphatic carbocycles. The maximum absolute atomic E-state index is 11.8. The lowest BCUT2D eigenvalue weighted by molar-refractivity contribution is -0.682. The minimum absolute atomic E-state index is 0.0145. The van der Waals surface area contributed by atoms with E-state index in [1.165, 1.54) is 6.26 Å². The van der Waals surface area contributed by atoms with Gasteiger partial charge in [0.15, 0.2) is 6.54 Å². The molecule has 0 aliphatic heterocycles.